The average Bonchev–Trinajstić information content (AvgIpc) is 3.01. The third-order valence-electron chi connectivity index (χ3n) is 4.68. The number of carbonyl (C=O) groups excluding carboxylic acids is 2. The van der Waals surface area contributed by atoms with Crippen LogP contribution in [0.5, 0.6) is 0 Å². The van der Waals surface area contributed by atoms with Crippen molar-refractivity contribution in [1.82, 2.24) is 20.4 Å². The highest BCUT2D eigenvalue weighted by atomic mass is 16.2. The first-order chi connectivity index (χ1) is 11.7. The highest BCUT2D eigenvalue weighted by Crippen LogP contribution is 2.14. The van der Waals surface area contributed by atoms with Crippen LogP contribution in [0.1, 0.15) is 28.8 Å². The van der Waals surface area contributed by atoms with Gasteiger partial charge in [-0.05, 0) is 24.1 Å². The van der Waals surface area contributed by atoms with E-state index >= 15 is 0 Å². The normalized spacial score (nSPS) is 18.8. The van der Waals surface area contributed by atoms with Gasteiger partial charge in [0.25, 0.3) is 5.91 Å². The summed E-state index contributed by atoms with van der Waals surface area (Å²) in [7, 11) is 0. The molecule has 0 aliphatic carbocycles. The number of hydrogen-bond donors (Lipinski definition) is 2. The molecule has 3 rings (SSSR count). The maximum Gasteiger partial charge on any atom is 0.251 e. The maximum absolute atomic E-state index is 12.2. The number of piperazine rings is 1. The van der Waals surface area contributed by atoms with Gasteiger partial charge in [0.1, 0.15) is 0 Å². The van der Waals surface area contributed by atoms with E-state index in [9.17, 15) is 9.59 Å². The van der Waals surface area contributed by atoms with Gasteiger partial charge in [-0.3, -0.25) is 14.5 Å². The van der Waals surface area contributed by atoms with E-state index in [-0.39, 0.29) is 11.8 Å². The molecule has 0 atom stereocenters. The summed E-state index contributed by atoms with van der Waals surface area (Å²) in [5, 5.41) is 6.30. The number of nitrogens with one attached hydrogen (secondary N) is 2. The average molecular weight is 330 g/mol. The molecular weight excluding hydrogens is 304 g/mol. The minimum atomic E-state index is -0.0334. The molecule has 1 aromatic carbocycles. The Bertz CT molecular complexity index is 567. The van der Waals surface area contributed by atoms with Crippen LogP contribution in [0, 0.1) is 0 Å². The lowest BCUT2D eigenvalue weighted by Gasteiger charge is -2.27. The van der Waals surface area contributed by atoms with Crippen LogP contribution in [0.4, 0.5) is 0 Å². The smallest absolute Gasteiger partial charge is 0.251 e. The quantitative estimate of drug-likeness (QED) is 0.795. The lowest BCUT2D eigenvalue weighted by atomic mass is 10.1. The predicted octanol–water partition coefficient (Wildman–Crippen LogP) is 0.444. The van der Waals surface area contributed by atoms with Crippen molar-refractivity contribution in [2.45, 2.75) is 19.4 Å². The first-order valence-electron chi connectivity index (χ1n) is 8.80. The molecule has 2 aliphatic heterocycles. The summed E-state index contributed by atoms with van der Waals surface area (Å²) in [5.74, 6) is 0.193. The fraction of sp³-hybridized carbons (Fsp3) is 0.556. The van der Waals surface area contributed by atoms with Crippen LogP contribution < -0.4 is 10.6 Å². The lowest BCUT2D eigenvalue weighted by molar-refractivity contribution is -0.128. The second kappa shape index (κ2) is 8.26. The highest BCUT2D eigenvalue weighted by Gasteiger charge is 2.20. The largest absolute Gasteiger partial charge is 0.351 e. The summed E-state index contributed by atoms with van der Waals surface area (Å²) in [4.78, 5) is 28.1. The maximum atomic E-state index is 12.2. The van der Waals surface area contributed by atoms with Gasteiger partial charge in [-0.2, -0.15) is 0 Å². The third-order valence-corrected chi connectivity index (χ3v) is 4.68. The Morgan fingerprint density at radius 2 is 1.88 bits per heavy atom. The molecule has 2 saturated heterocycles. The molecule has 6 heteroatoms. The zero-order valence-corrected chi connectivity index (χ0v) is 14.1. The standard InChI is InChI=1S/C18H26N4O2/c23-17-2-1-10-22(17)14-15-3-5-16(6-4-15)18(24)20-9-13-21-11-7-19-8-12-21/h3-6,19H,1-2,7-14H2,(H,20,24). The Hall–Kier alpha value is -1.92. The SMILES string of the molecule is O=C(NCCN1CCNCC1)c1ccc(CN2CCCC2=O)cc1. The molecule has 1 aromatic rings. The molecule has 2 N–H and O–H groups in total. The molecule has 0 spiro atoms. The fourth-order valence-electron chi connectivity index (χ4n) is 3.22. The molecule has 6 nitrogen and oxygen atoms in total. The van der Waals surface area contributed by atoms with Gasteiger partial charge in [-0.1, -0.05) is 12.1 Å². The Morgan fingerprint density at radius 3 is 2.54 bits per heavy atom. The molecule has 24 heavy (non-hydrogen) atoms. The van der Waals surface area contributed by atoms with Crippen molar-refractivity contribution in [1.29, 1.82) is 0 Å². The molecule has 0 unspecified atom stereocenters. The van der Waals surface area contributed by atoms with Gasteiger partial charge in [-0.25, -0.2) is 0 Å². The van der Waals surface area contributed by atoms with E-state index in [1.54, 1.807) is 0 Å². The van der Waals surface area contributed by atoms with Gasteiger partial charge in [0.2, 0.25) is 5.91 Å². The fourth-order valence-corrected chi connectivity index (χ4v) is 3.22. The van der Waals surface area contributed by atoms with Crippen LogP contribution in [-0.2, 0) is 11.3 Å². The van der Waals surface area contributed by atoms with Crippen LogP contribution in [-0.4, -0.2) is 67.4 Å². The Balaban J connectivity index is 1.44. The zero-order chi connectivity index (χ0) is 16.8. The summed E-state index contributed by atoms with van der Waals surface area (Å²) in [6.07, 6.45) is 1.61. The van der Waals surface area contributed by atoms with Crippen molar-refractivity contribution in [3.8, 4) is 0 Å². The van der Waals surface area contributed by atoms with E-state index in [4.69, 9.17) is 0 Å². The first-order valence-corrected chi connectivity index (χ1v) is 8.80. The van der Waals surface area contributed by atoms with Crippen LogP contribution >= 0.6 is 0 Å². The minimum absolute atomic E-state index is 0.0334. The van der Waals surface area contributed by atoms with Crippen LogP contribution in [0.25, 0.3) is 0 Å². The van der Waals surface area contributed by atoms with Crippen molar-refractivity contribution in [2.24, 2.45) is 0 Å². The Morgan fingerprint density at radius 1 is 1.12 bits per heavy atom. The molecule has 2 fully saturated rings. The van der Waals surface area contributed by atoms with E-state index in [0.717, 1.165) is 51.3 Å². The number of amides is 2. The Labute approximate surface area is 143 Å². The number of benzene rings is 1. The van der Waals surface area contributed by atoms with Gasteiger partial charge in [0.15, 0.2) is 0 Å². The number of hydrogen-bond acceptors (Lipinski definition) is 4. The Kier molecular flexibility index (Phi) is 5.82. The summed E-state index contributed by atoms with van der Waals surface area (Å²) in [5.41, 5.74) is 1.74. The van der Waals surface area contributed by atoms with Crippen molar-refractivity contribution in [2.75, 3.05) is 45.8 Å². The summed E-state index contributed by atoms with van der Waals surface area (Å²) >= 11 is 0. The molecule has 2 heterocycles. The van der Waals surface area contributed by atoms with Crippen molar-refractivity contribution >= 4 is 11.8 Å². The molecular formula is C18H26N4O2. The second-order valence-corrected chi connectivity index (χ2v) is 6.46. The van der Waals surface area contributed by atoms with E-state index < -0.39 is 0 Å². The van der Waals surface area contributed by atoms with E-state index in [2.05, 4.69) is 15.5 Å². The van der Waals surface area contributed by atoms with Crippen LogP contribution in [0.15, 0.2) is 24.3 Å². The second-order valence-electron chi connectivity index (χ2n) is 6.46. The van der Waals surface area contributed by atoms with Gasteiger partial charge in [0, 0.05) is 64.3 Å². The highest BCUT2D eigenvalue weighted by molar-refractivity contribution is 5.94. The summed E-state index contributed by atoms with van der Waals surface area (Å²) in [6, 6.07) is 7.57. The number of rotatable bonds is 6. The lowest BCUT2D eigenvalue weighted by Crippen LogP contribution is -2.46. The van der Waals surface area contributed by atoms with E-state index in [0.29, 0.717) is 25.1 Å². The zero-order valence-electron chi connectivity index (χ0n) is 14.1. The van der Waals surface area contributed by atoms with E-state index in [1.165, 1.54) is 0 Å². The molecule has 2 amide bonds. The molecule has 2 aliphatic rings. The van der Waals surface area contributed by atoms with Gasteiger partial charge < -0.3 is 15.5 Å². The molecule has 0 bridgehead atoms. The summed E-state index contributed by atoms with van der Waals surface area (Å²) in [6.45, 7) is 7.17. The predicted molar refractivity (Wildman–Crippen MR) is 92.7 cm³/mol. The first kappa shape index (κ1) is 16.9. The van der Waals surface area contributed by atoms with Crippen molar-refractivity contribution in [3.05, 3.63) is 35.4 Å². The molecule has 0 saturated carbocycles. The topological polar surface area (TPSA) is 64.7 Å². The monoisotopic (exact) mass is 330 g/mol. The molecule has 0 radical (unpaired) electrons. The van der Waals surface area contributed by atoms with E-state index in [1.807, 2.05) is 29.2 Å². The minimum Gasteiger partial charge on any atom is -0.351 e. The van der Waals surface area contributed by atoms with Crippen molar-refractivity contribution < 1.29 is 9.59 Å². The summed E-state index contributed by atoms with van der Waals surface area (Å²) < 4.78 is 0. The van der Waals surface area contributed by atoms with Gasteiger partial charge >= 0.3 is 0 Å². The number of likely N-dealkylation sites (tertiary alicyclic amines) is 1. The van der Waals surface area contributed by atoms with Crippen LogP contribution in [0.3, 0.4) is 0 Å². The number of carbonyl (C=O) groups is 2. The van der Waals surface area contributed by atoms with Crippen LogP contribution in [0.2, 0.25) is 0 Å². The van der Waals surface area contributed by atoms with Gasteiger partial charge in [0.05, 0.1) is 0 Å². The molecule has 0 aromatic heterocycles. The van der Waals surface area contributed by atoms with Gasteiger partial charge in [-0.15, -0.1) is 0 Å². The number of nitrogens with zero attached hydrogens (tertiary/aromatic N) is 2. The molecule has 130 valence electrons. The third kappa shape index (κ3) is 4.55. The van der Waals surface area contributed by atoms with Crippen molar-refractivity contribution in [3.63, 3.8) is 0 Å².